The summed E-state index contributed by atoms with van der Waals surface area (Å²) in [5.74, 6) is -1.49. The molecule has 7 nitrogen and oxygen atoms in total. The predicted molar refractivity (Wildman–Crippen MR) is 96.6 cm³/mol. The Kier molecular flexibility index (Phi) is 7.22. The fraction of sp³-hybridized carbons (Fsp3) is 0.368. The van der Waals surface area contributed by atoms with Gasteiger partial charge in [-0.25, -0.2) is 9.07 Å². The Morgan fingerprint density at radius 2 is 1.93 bits per heavy atom. The maximum Gasteiger partial charge on any atom is 0.307 e. The summed E-state index contributed by atoms with van der Waals surface area (Å²) in [6.45, 7) is 2.40. The molecule has 2 rings (SSSR count). The van der Waals surface area contributed by atoms with E-state index in [2.05, 4.69) is 15.2 Å². The van der Waals surface area contributed by atoms with Crippen molar-refractivity contribution in [2.45, 2.75) is 38.8 Å². The summed E-state index contributed by atoms with van der Waals surface area (Å²) in [4.78, 5) is 36.1. The fourth-order valence-corrected chi connectivity index (χ4v) is 2.47. The lowest BCUT2D eigenvalue weighted by Gasteiger charge is -2.18. The van der Waals surface area contributed by atoms with Gasteiger partial charge in [-0.1, -0.05) is 25.5 Å². The highest BCUT2D eigenvalue weighted by Crippen LogP contribution is 2.18. The normalized spacial score (nSPS) is 11.7. The van der Waals surface area contributed by atoms with Crippen LogP contribution in [-0.2, 0) is 16.1 Å². The highest BCUT2D eigenvalue weighted by Gasteiger charge is 2.21. The van der Waals surface area contributed by atoms with Crippen LogP contribution in [0.4, 0.5) is 4.39 Å². The summed E-state index contributed by atoms with van der Waals surface area (Å²) in [5, 5.41) is 6.78. The van der Waals surface area contributed by atoms with E-state index in [4.69, 9.17) is 0 Å². The van der Waals surface area contributed by atoms with E-state index in [1.807, 2.05) is 6.92 Å². The summed E-state index contributed by atoms with van der Waals surface area (Å²) < 4.78 is 19.1. The van der Waals surface area contributed by atoms with Gasteiger partial charge in [0.2, 0.25) is 0 Å². The molecule has 1 heterocycles. The zero-order chi connectivity index (χ0) is 19.8. The SMILES string of the molecule is CCCCn1nc(C(=O)N[C@@H](CC(=O)OC)c2ccc(F)cc2)ccc1=O. The Hall–Kier alpha value is -3.03. The van der Waals surface area contributed by atoms with Gasteiger partial charge in [-0.15, -0.1) is 0 Å². The molecule has 0 unspecified atom stereocenters. The number of ether oxygens (including phenoxy) is 1. The third-order valence-electron chi connectivity index (χ3n) is 4.00. The van der Waals surface area contributed by atoms with Crippen LogP contribution in [0.3, 0.4) is 0 Å². The lowest BCUT2D eigenvalue weighted by Crippen LogP contribution is -2.33. The highest BCUT2D eigenvalue weighted by molar-refractivity contribution is 5.92. The molecular formula is C19H22FN3O4. The van der Waals surface area contributed by atoms with Gasteiger partial charge in [0.15, 0.2) is 0 Å². The summed E-state index contributed by atoms with van der Waals surface area (Å²) in [5.41, 5.74) is 0.321. The van der Waals surface area contributed by atoms with Crippen LogP contribution in [0.2, 0.25) is 0 Å². The number of nitrogens with zero attached hydrogens (tertiary/aromatic N) is 2. The maximum absolute atomic E-state index is 13.2. The van der Waals surface area contributed by atoms with E-state index in [0.29, 0.717) is 12.1 Å². The van der Waals surface area contributed by atoms with Crippen LogP contribution in [-0.4, -0.2) is 28.8 Å². The number of methoxy groups -OCH3 is 1. The second kappa shape index (κ2) is 9.61. The minimum absolute atomic E-state index is 0.0580. The number of esters is 1. The van der Waals surface area contributed by atoms with Gasteiger partial charge in [-0.3, -0.25) is 14.4 Å². The zero-order valence-corrected chi connectivity index (χ0v) is 15.3. The van der Waals surface area contributed by atoms with Crippen LogP contribution in [0.1, 0.15) is 48.3 Å². The van der Waals surface area contributed by atoms with Gasteiger partial charge in [-0.2, -0.15) is 5.10 Å². The first-order valence-corrected chi connectivity index (χ1v) is 8.66. The molecule has 0 spiro atoms. The van der Waals surface area contributed by atoms with Crippen molar-refractivity contribution in [1.82, 2.24) is 15.1 Å². The molecule has 0 aliphatic rings. The Bertz CT molecular complexity index is 849. The van der Waals surface area contributed by atoms with Crippen LogP contribution in [0.25, 0.3) is 0 Å². The minimum Gasteiger partial charge on any atom is -0.469 e. The van der Waals surface area contributed by atoms with Crippen LogP contribution in [0, 0.1) is 5.82 Å². The number of aryl methyl sites for hydroxylation is 1. The van der Waals surface area contributed by atoms with E-state index >= 15 is 0 Å². The Balaban J connectivity index is 2.23. The van der Waals surface area contributed by atoms with E-state index in [-0.39, 0.29) is 17.7 Å². The van der Waals surface area contributed by atoms with Crippen molar-refractivity contribution < 1.29 is 18.7 Å². The topological polar surface area (TPSA) is 90.3 Å². The average molecular weight is 375 g/mol. The van der Waals surface area contributed by atoms with Gasteiger partial charge in [0, 0.05) is 12.6 Å². The van der Waals surface area contributed by atoms with Crippen molar-refractivity contribution in [3.63, 3.8) is 0 Å². The Morgan fingerprint density at radius 1 is 1.22 bits per heavy atom. The molecule has 0 aliphatic carbocycles. The molecular weight excluding hydrogens is 353 g/mol. The number of halogens is 1. The molecule has 1 aromatic heterocycles. The lowest BCUT2D eigenvalue weighted by molar-refractivity contribution is -0.141. The molecule has 0 saturated carbocycles. The van der Waals surface area contributed by atoms with Crippen LogP contribution < -0.4 is 10.9 Å². The largest absolute Gasteiger partial charge is 0.469 e. The quantitative estimate of drug-likeness (QED) is 0.715. The number of hydrogen-bond donors (Lipinski definition) is 1. The first-order valence-electron chi connectivity index (χ1n) is 8.66. The molecule has 2 aromatic rings. The third kappa shape index (κ3) is 5.73. The van der Waals surface area contributed by atoms with Gasteiger partial charge in [-0.05, 0) is 30.2 Å². The first-order chi connectivity index (χ1) is 12.9. The van der Waals surface area contributed by atoms with Gasteiger partial charge in [0.1, 0.15) is 11.5 Å². The number of carbonyl (C=O) groups is 2. The monoisotopic (exact) mass is 375 g/mol. The van der Waals surface area contributed by atoms with Crippen molar-refractivity contribution >= 4 is 11.9 Å². The van der Waals surface area contributed by atoms with E-state index in [1.165, 1.54) is 48.2 Å². The number of nitrogens with one attached hydrogen (secondary N) is 1. The van der Waals surface area contributed by atoms with Crippen LogP contribution >= 0.6 is 0 Å². The van der Waals surface area contributed by atoms with E-state index in [1.54, 1.807) is 0 Å². The predicted octanol–water partition coefficient (Wildman–Crippen LogP) is 2.22. The van der Waals surface area contributed by atoms with Crippen molar-refractivity contribution in [3.05, 3.63) is 63.8 Å². The molecule has 27 heavy (non-hydrogen) atoms. The number of carbonyl (C=O) groups excluding carboxylic acids is 2. The van der Waals surface area contributed by atoms with Crippen molar-refractivity contribution in [3.8, 4) is 0 Å². The van der Waals surface area contributed by atoms with Gasteiger partial charge < -0.3 is 10.1 Å². The minimum atomic E-state index is -0.719. The smallest absolute Gasteiger partial charge is 0.307 e. The summed E-state index contributed by atoms with van der Waals surface area (Å²) in [7, 11) is 1.25. The van der Waals surface area contributed by atoms with Crippen molar-refractivity contribution in [2.75, 3.05) is 7.11 Å². The second-order valence-electron chi connectivity index (χ2n) is 5.99. The summed E-state index contributed by atoms with van der Waals surface area (Å²) in [6, 6.07) is 7.36. The summed E-state index contributed by atoms with van der Waals surface area (Å²) in [6.07, 6.45) is 1.53. The van der Waals surface area contributed by atoms with Gasteiger partial charge in [0.05, 0.1) is 19.6 Å². The number of rotatable bonds is 8. The maximum atomic E-state index is 13.2. The molecule has 1 N–H and O–H groups in total. The summed E-state index contributed by atoms with van der Waals surface area (Å²) >= 11 is 0. The Morgan fingerprint density at radius 3 is 2.56 bits per heavy atom. The van der Waals surface area contributed by atoms with Gasteiger partial charge in [0.25, 0.3) is 11.5 Å². The molecule has 8 heteroatoms. The number of amides is 1. The second-order valence-corrected chi connectivity index (χ2v) is 5.99. The van der Waals surface area contributed by atoms with E-state index in [9.17, 15) is 18.8 Å². The Labute approximate surface area is 156 Å². The molecule has 0 bridgehead atoms. The number of aromatic nitrogens is 2. The third-order valence-corrected chi connectivity index (χ3v) is 4.00. The molecule has 1 aromatic carbocycles. The standard InChI is InChI=1S/C19H22FN3O4/c1-3-4-11-23-17(24)10-9-15(22-23)19(26)21-16(12-18(25)27-2)13-5-7-14(20)8-6-13/h5-10,16H,3-4,11-12H2,1-2H3,(H,21,26)/t16-/m0/s1. The molecule has 1 atom stereocenters. The number of benzene rings is 1. The van der Waals surface area contributed by atoms with Crippen molar-refractivity contribution in [1.29, 1.82) is 0 Å². The van der Waals surface area contributed by atoms with E-state index < -0.39 is 23.7 Å². The van der Waals surface area contributed by atoms with Crippen LogP contribution in [0.5, 0.6) is 0 Å². The van der Waals surface area contributed by atoms with E-state index in [0.717, 1.165) is 12.8 Å². The lowest BCUT2D eigenvalue weighted by atomic mass is 10.0. The molecule has 0 fully saturated rings. The average Bonchev–Trinajstić information content (AvgIpc) is 2.67. The number of hydrogen-bond acceptors (Lipinski definition) is 5. The highest BCUT2D eigenvalue weighted by atomic mass is 19.1. The molecule has 0 saturated heterocycles. The van der Waals surface area contributed by atoms with Crippen LogP contribution in [0.15, 0.2) is 41.2 Å². The molecule has 0 radical (unpaired) electrons. The van der Waals surface area contributed by atoms with Gasteiger partial charge >= 0.3 is 5.97 Å². The van der Waals surface area contributed by atoms with Crippen molar-refractivity contribution in [2.24, 2.45) is 0 Å². The molecule has 1 amide bonds. The fourth-order valence-electron chi connectivity index (χ4n) is 2.47. The number of unbranched alkanes of at least 4 members (excludes halogenated alkanes) is 1. The molecule has 0 aliphatic heterocycles. The molecule has 144 valence electrons. The zero-order valence-electron chi connectivity index (χ0n) is 15.3. The first kappa shape index (κ1) is 20.3.